The quantitative estimate of drug-likeness (QED) is 0.643. The Morgan fingerprint density at radius 3 is 2.55 bits per heavy atom. The van der Waals surface area contributed by atoms with Gasteiger partial charge >= 0.3 is 0 Å². The molecular formula is C25H28N4O2. The molecule has 0 unspecified atom stereocenters. The third kappa shape index (κ3) is 4.85. The second-order valence-corrected chi connectivity index (χ2v) is 7.91. The SMILES string of the molecule is CCCc1c(C(=O)NCC(=O)N2CCc3ccccc3C2)cnn1Cc1ccccc1. The van der Waals surface area contributed by atoms with Crippen molar-refractivity contribution in [2.45, 2.75) is 39.3 Å². The lowest BCUT2D eigenvalue weighted by atomic mass is 10.00. The molecule has 0 bridgehead atoms. The topological polar surface area (TPSA) is 67.2 Å². The average molecular weight is 417 g/mol. The fourth-order valence-electron chi connectivity index (χ4n) is 4.07. The smallest absolute Gasteiger partial charge is 0.255 e. The van der Waals surface area contributed by atoms with Gasteiger partial charge in [-0.15, -0.1) is 0 Å². The molecule has 0 radical (unpaired) electrons. The highest BCUT2D eigenvalue weighted by Gasteiger charge is 2.22. The first-order valence-electron chi connectivity index (χ1n) is 10.9. The fourth-order valence-corrected chi connectivity index (χ4v) is 4.07. The molecule has 160 valence electrons. The molecule has 2 amide bonds. The molecule has 6 nitrogen and oxygen atoms in total. The summed E-state index contributed by atoms with van der Waals surface area (Å²) in [5, 5.41) is 7.27. The van der Waals surface area contributed by atoms with Gasteiger partial charge in [-0.3, -0.25) is 14.3 Å². The number of amides is 2. The van der Waals surface area contributed by atoms with Crippen LogP contribution in [0.4, 0.5) is 0 Å². The Labute approximate surface area is 182 Å². The van der Waals surface area contributed by atoms with Crippen LogP contribution in [0.25, 0.3) is 0 Å². The van der Waals surface area contributed by atoms with Gasteiger partial charge in [0.25, 0.3) is 5.91 Å². The number of nitrogens with one attached hydrogen (secondary N) is 1. The fraction of sp³-hybridized carbons (Fsp3) is 0.320. The van der Waals surface area contributed by atoms with Gasteiger partial charge in [0.2, 0.25) is 5.91 Å². The largest absolute Gasteiger partial charge is 0.343 e. The van der Waals surface area contributed by atoms with Crippen molar-refractivity contribution >= 4 is 11.8 Å². The normalized spacial score (nSPS) is 13.0. The molecule has 6 heteroatoms. The number of fused-ring (bicyclic) bond motifs is 1. The Bertz CT molecular complexity index is 1060. The minimum atomic E-state index is -0.242. The summed E-state index contributed by atoms with van der Waals surface area (Å²) in [6, 6.07) is 18.3. The zero-order valence-corrected chi connectivity index (χ0v) is 17.9. The summed E-state index contributed by atoms with van der Waals surface area (Å²) in [5.41, 5.74) is 5.07. The monoisotopic (exact) mass is 416 g/mol. The van der Waals surface area contributed by atoms with Gasteiger partial charge in [-0.05, 0) is 29.5 Å². The molecule has 0 spiro atoms. The Hall–Kier alpha value is -3.41. The van der Waals surface area contributed by atoms with E-state index < -0.39 is 0 Å². The van der Waals surface area contributed by atoms with Crippen LogP contribution in [0, 0.1) is 0 Å². The maximum atomic E-state index is 12.9. The molecule has 0 saturated heterocycles. The van der Waals surface area contributed by atoms with E-state index in [9.17, 15) is 9.59 Å². The minimum Gasteiger partial charge on any atom is -0.343 e. The number of hydrogen-bond acceptors (Lipinski definition) is 3. The van der Waals surface area contributed by atoms with E-state index in [2.05, 4.69) is 29.5 Å². The molecule has 1 aromatic heterocycles. The maximum absolute atomic E-state index is 12.9. The number of benzene rings is 2. The Balaban J connectivity index is 1.40. The van der Waals surface area contributed by atoms with Crippen molar-refractivity contribution in [2.75, 3.05) is 13.1 Å². The van der Waals surface area contributed by atoms with Gasteiger partial charge in [-0.25, -0.2) is 0 Å². The molecule has 0 fully saturated rings. The Morgan fingerprint density at radius 2 is 1.77 bits per heavy atom. The van der Waals surface area contributed by atoms with Crippen LogP contribution < -0.4 is 5.32 Å². The highest BCUT2D eigenvalue weighted by atomic mass is 16.2. The van der Waals surface area contributed by atoms with Crippen molar-refractivity contribution in [3.8, 4) is 0 Å². The zero-order valence-electron chi connectivity index (χ0n) is 17.9. The highest BCUT2D eigenvalue weighted by molar-refractivity contribution is 5.97. The number of hydrogen-bond donors (Lipinski definition) is 1. The molecule has 3 aromatic rings. The van der Waals surface area contributed by atoms with Crippen molar-refractivity contribution < 1.29 is 9.59 Å². The molecule has 0 atom stereocenters. The van der Waals surface area contributed by atoms with Crippen molar-refractivity contribution in [3.05, 3.63) is 88.7 Å². The van der Waals surface area contributed by atoms with E-state index in [-0.39, 0.29) is 18.4 Å². The molecule has 4 rings (SSSR count). The van der Waals surface area contributed by atoms with E-state index in [1.54, 1.807) is 6.20 Å². The number of nitrogens with zero attached hydrogens (tertiary/aromatic N) is 3. The molecule has 31 heavy (non-hydrogen) atoms. The van der Waals surface area contributed by atoms with E-state index in [4.69, 9.17) is 0 Å². The van der Waals surface area contributed by atoms with E-state index in [1.807, 2.05) is 52.0 Å². The van der Waals surface area contributed by atoms with E-state index in [0.717, 1.165) is 30.5 Å². The molecule has 0 saturated carbocycles. The third-order valence-electron chi connectivity index (χ3n) is 5.74. The van der Waals surface area contributed by atoms with Crippen LogP contribution in [-0.2, 0) is 30.7 Å². The van der Waals surface area contributed by atoms with Gasteiger partial charge in [0.15, 0.2) is 0 Å². The summed E-state index contributed by atoms with van der Waals surface area (Å²) in [6.45, 7) is 3.98. The molecular weight excluding hydrogens is 388 g/mol. The lowest BCUT2D eigenvalue weighted by molar-refractivity contribution is -0.131. The number of rotatable bonds is 7. The second kappa shape index (κ2) is 9.60. The van der Waals surface area contributed by atoms with Crippen LogP contribution in [0.1, 0.15) is 46.1 Å². The molecule has 1 N–H and O–H groups in total. The summed E-state index contributed by atoms with van der Waals surface area (Å²) in [4.78, 5) is 27.4. The molecule has 2 aromatic carbocycles. The van der Waals surface area contributed by atoms with Gasteiger partial charge in [0.1, 0.15) is 0 Å². The van der Waals surface area contributed by atoms with E-state index in [1.165, 1.54) is 11.1 Å². The maximum Gasteiger partial charge on any atom is 0.255 e. The first-order valence-corrected chi connectivity index (χ1v) is 10.9. The van der Waals surface area contributed by atoms with Gasteiger partial charge in [-0.1, -0.05) is 67.9 Å². The first-order chi connectivity index (χ1) is 15.2. The highest BCUT2D eigenvalue weighted by Crippen LogP contribution is 2.18. The van der Waals surface area contributed by atoms with Crippen LogP contribution in [0.5, 0.6) is 0 Å². The predicted octanol–water partition coefficient (Wildman–Crippen LogP) is 3.20. The average Bonchev–Trinajstić information content (AvgIpc) is 3.20. The van der Waals surface area contributed by atoms with Gasteiger partial charge in [0.05, 0.1) is 30.5 Å². The van der Waals surface area contributed by atoms with Crippen LogP contribution >= 0.6 is 0 Å². The summed E-state index contributed by atoms with van der Waals surface area (Å²) < 4.78 is 1.89. The number of aromatic nitrogens is 2. The molecule has 1 aliphatic heterocycles. The number of carbonyl (C=O) groups excluding carboxylic acids is 2. The second-order valence-electron chi connectivity index (χ2n) is 7.91. The first kappa shape index (κ1) is 20.8. The summed E-state index contributed by atoms with van der Waals surface area (Å²) in [5.74, 6) is -0.301. The lowest BCUT2D eigenvalue weighted by Crippen LogP contribution is -2.42. The lowest BCUT2D eigenvalue weighted by Gasteiger charge is -2.29. The Kier molecular flexibility index (Phi) is 6.46. The van der Waals surface area contributed by atoms with E-state index >= 15 is 0 Å². The number of carbonyl (C=O) groups is 2. The van der Waals surface area contributed by atoms with Crippen molar-refractivity contribution in [1.29, 1.82) is 0 Å². The zero-order chi connectivity index (χ0) is 21.6. The molecule has 2 heterocycles. The van der Waals surface area contributed by atoms with Crippen LogP contribution in [0.3, 0.4) is 0 Å². The third-order valence-corrected chi connectivity index (χ3v) is 5.74. The van der Waals surface area contributed by atoms with Crippen molar-refractivity contribution in [3.63, 3.8) is 0 Å². The Morgan fingerprint density at radius 1 is 1.03 bits per heavy atom. The van der Waals surface area contributed by atoms with Gasteiger partial charge in [0, 0.05) is 13.1 Å². The summed E-state index contributed by atoms with van der Waals surface area (Å²) in [7, 11) is 0. The van der Waals surface area contributed by atoms with Crippen LogP contribution in [0.15, 0.2) is 60.8 Å². The van der Waals surface area contributed by atoms with Crippen molar-refractivity contribution in [1.82, 2.24) is 20.0 Å². The van der Waals surface area contributed by atoms with E-state index in [0.29, 0.717) is 25.2 Å². The standard InChI is InChI=1S/C25H28N4O2/c1-2-8-23-22(15-27-29(23)17-19-9-4-3-5-10-19)25(31)26-16-24(30)28-14-13-20-11-6-7-12-21(20)18-28/h3-7,9-12,15H,2,8,13-14,16-18H2,1H3,(H,26,31). The van der Waals surface area contributed by atoms with Crippen molar-refractivity contribution in [2.24, 2.45) is 0 Å². The predicted molar refractivity (Wildman–Crippen MR) is 120 cm³/mol. The minimum absolute atomic E-state index is 0.00354. The van der Waals surface area contributed by atoms with Gasteiger partial charge < -0.3 is 10.2 Å². The van der Waals surface area contributed by atoms with Crippen LogP contribution in [0.2, 0.25) is 0 Å². The summed E-state index contributed by atoms with van der Waals surface area (Å²) >= 11 is 0. The molecule has 1 aliphatic rings. The van der Waals surface area contributed by atoms with Gasteiger partial charge in [-0.2, -0.15) is 5.10 Å². The summed E-state index contributed by atoms with van der Waals surface area (Å²) in [6.07, 6.45) is 4.13. The molecule has 0 aliphatic carbocycles. The van der Waals surface area contributed by atoms with Crippen LogP contribution in [-0.4, -0.2) is 39.6 Å².